The molecule has 0 aliphatic heterocycles. The lowest BCUT2D eigenvalue weighted by atomic mass is 10.0. The van der Waals surface area contributed by atoms with E-state index in [4.69, 9.17) is 5.11 Å². The summed E-state index contributed by atoms with van der Waals surface area (Å²) in [5.74, 6) is -1.33. The summed E-state index contributed by atoms with van der Waals surface area (Å²) >= 11 is 0. The molecule has 2 N–H and O–H groups in total. The number of fused-ring (bicyclic) bond motifs is 1. The van der Waals surface area contributed by atoms with Crippen molar-refractivity contribution in [3.05, 3.63) is 84.4 Å². The van der Waals surface area contributed by atoms with Crippen LogP contribution in [-0.4, -0.2) is 45.5 Å². The number of hydrogen-bond donors (Lipinski definition) is 2. The number of carboxylic acid groups (broad SMARTS) is 1. The quantitative estimate of drug-likeness (QED) is 0.455. The average Bonchev–Trinajstić information content (AvgIpc) is 3.43. The molecular weight excluding hydrogens is 396 g/mol. The highest BCUT2D eigenvalue weighted by molar-refractivity contribution is 5.87. The molecule has 0 spiro atoms. The first-order chi connectivity index (χ1) is 15.1. The highest BCUT2D eigenvalue weighted by atomic mass is 16.4. The Labute approximate surface area is 175 Å². The summed E-state index contributed by atoms with van der Waals surface area (Å²) in [5.41, 5.74) is 3.96. The maximum absolute atomic E-state index is 11.0. The van der Waals surface area contributed by atoms with Gasteiger partial charge in [0.25, 0.3) is 5.95 Å². The third kappa shape index (κ3) is 3.48. The normalized spacial score (nSPS) is 11.1. The Morgan fingerprint density at radius 1 is 0.968 bits per heavy atom. The van der Waals surface area contributed by atoms with Crippen molar-refractivity contribution in [2.45, 2.75) is 6.54 Å². The molecule has 3 aromatic heterocycles. The number of aromatic nitrogens is 6. The molecule has 3 heterocycles. The van der Waals surface area contributed by atoms with E-state index in [0.29, 0.717) is 12.1 Å². The third-order valence-corrected chi connectivity index (χ3v) is 4.89. The van der Waals surface area contributed by atoms with E-state index in [0.717, 1.165) is 16.7 Å². The monoisotopic (exact) mass is 412 g/mol. The van der Waals surface area contributed by atoms with Gasteiger partial charge >= 0.3 is 5.97 Å². The van der Waals surface area contributed by atoms with Crippen LogP contribution in [0.25, 0.3) is 28.2 Å². The molecule has 0 aliphatic carbocycles. The fourth-order valence-corrected chi connectivity index (χ4v) is 3.34. The molecule has 0 fully saturated rings. The van der Waals surface area contributed by atoms with Crippen molar-refractivity contribution in [3.8, 4) is 23.0 Å². The number of aromatic hydroxyl groups is 1. The van der Waals surface area contributed by atoms with Gasteiger partial charge in [-0.05, 0) is 16.7 Å². The Morgan fingerprint density at radius 2 is 1.71 bits per heavy atom. The SMILES string of the molecule is O=C(O)c1cnn(-c2nc(O)c3c(ncn3Cc3ccc(-c4ccccc4)cc3)n2)c1. The summed E-state index contributed by atoms with van der Waals surface area (Å²) in [4.78, 5) is 23.7. The second-order valence-electron chi connectivity index (χ2n) is 6.93. The molecule has 0 saturated heterocycles. The molecule has 152 valence electrons. The van der Waals surface area contributed by atoms with E-state index in [1.807, 2.05) is 30.3 Å². The predicted octanol–water partition coefficient (Wildman–Crippen LogP) is 3.13. The average molecular weight is 412 g/mol. The highest BCUT2D eigenvalue weighted by Gasteiger charge is 2.16. The van der Waals surface area contributed by atoms with Crippen molar-refractivity contribution in [2.24, 2.45) is 0 Å². The molecule has 0 aliphatic rings. The Hall–Kier alpha value is -4.53. The van der Waals surface area contributed by atoms with Crippen LogP contribution in [-0.2, 0) is 6.54 Å². The zero-order chi connectivity index (χ0) is 21.4. The number of imidazole rings is 1. The number of hydrogen-bond acceptors (Lipinski definition) is 6. The van der Waals surface area contributed by atoms with E-state index in [1.165, 1.54) is 17.1 Å². The first-order valence-corrected chi connectivity index (χ1v) is 9.43. The molecule has 2 aromatic carbocycles. The van der Waals surface area contributed by atoms with Crippen LogP contribution in [0.3, 0.4) is 0 Å². The fraction of sp³-hybridized carbons (Fsp3) is 0.0455. The molecule has 0 unspecified atom stereocenters. The standard InChI is InChI=1S/C22H16N6O3/c29-20-18-19(25-22(26-20)28-12-17(10-24-28)21(30)31)23-13-27(18)11-14-6-8-16(9-7-14)15-4-2-1-3-5-15/h1-10,12-13H,11H2,(H,30,31)(H,25,26,29). The molecule has 9 nitrogen and oxygen atoms in total. The topological polar surface area (TPSA) is 119 Å². The first kappa shape index (κ1) is 18.5. The molecule has 0 saturated carbocycles. The minimum atomic E-state index is -1.11. The molecule has 5 rings (SSSR count). The van der Waals surface area contributed by atoms with Crippen molar-refractivity contribution < 1.29 is 15.0 Å². The smallest absolute Gasteiger partial charge is 0.338 e. The van der Waals surface area contributed by atoms with E-state index in [1.54, 1.807) is 10.9 Å². The number of rotatable bonds is 5. The predicted molar refractivity (Wildman–Crippen MR) is 112 cm³/mol. The Balaban J connectivity index is 1.44. The largest absolute Gasteiger partial charge is 0.492 e. The fourth-order valence-electron chi connectivity index (χ4n) is 3.34. The van der Waals surface area contributed by atoms with Crippen LogP contribution >= 0.6 is 0 Å². The molecular formula is C22H16N6O3. The zero-order valence-electron chi connectivity index (χ0n) is 16.1. The number of carbonyl (C=O) groups is 1. The maximum Gasteiger partial charge on any atom is 0.338 e. The van der Waals surface area contributed by atoms with Gasteiger partial charge in [-0.25, -0.2) is 14.5 Å². The van der Waals surface area contributed by atoms with Crippen molar-refractivity contribution >= 4 is 17.1 Å². The van der Waals surface area contributed by atoms with Crippen molar-refractivity contribution in [2.75, 3.05) is 0 Å². The van der Waals surface area contributed by atoms with Crippen molar-refractivity contribution in [1.82, 2.24) is 29.3 Å². The molecule has 0 radical (unpaired) electrons. The Kier molecular flexibility index (Phi) is 4.40. The van der Waals surface area contributed by atoms with Gasteiger partial charge in [0.1, 0.15) is 0 Å². The van der Waals surface area contributed by atoms with E-state index >= 15 is 0 Å². The van der Waals surface area contributed by atoms with E-state index in [9.17, 15) is 9.90 Å². The van der Waals surface area contributed by atoms with E-state index in [2.05, 4.69) is 44.3 Å². The lowest BCUT2D eigenvalue weighted by Crippen LogP contribution is -2.04. The van der Waals surface area contributed by atoms with Gasteiger partial charge in [-0.15, -0.1) is 0 Å². The second kappa shape index (κ2) is 7.38. The molecule has 5 aromatic rings. The molecule has 0 amide bonds. The summed E-state index contributed by atoms with van der Waals surface area (Å²) < 4.78 is 2.95. The van der Waals surface area contributed by atoms with Crippen LogP contribution in [0.1, 0.15) is 15.9 Å². The van der Waals surface area contributed by atoms with Gasteiger partial charge in [0.05, 0.1) is 18.1 Å². The minimum absolute atomic E-state index is 0.00679. The Morgan fingerprint density at radius 3 is 2.42 bits per heavy atom. The van der Waals surface area contributed by atoms with Crippen molar-refractivity contribution in [1.29, 1.82) is 0 Å². The summed E-state index contributed by atoms with van der Waals surface area (Å²) in [7, 11) is 0. The Bertz CT molecular complexity index is 1390. The van der Waals surface area contributed by atoms with Crippen LogP contribution < -0.4 is 0 Å². The van der Waals surface area contributed by atoms with Gasteiger partial charge in [-0.3, -0.25) is 0 Å². The van der Waals surface area contributed by atoms with Gasteiger partial charge in [0, 0.05) is 12.7 Å². The summed E-state index contributed by atoms with van der Waals surface area (Å²) in [6.45, 7) is 0.479. The number of aromatic carboxylic acids is 1. The van der Waals surface area contributed by atoms with Crippen LogP contribution in [0.5, 0.6) is 5.88 Å². The number of nitrogens with zero attached hydrogens (tertiary/aromatic N) is 6. The number of benzene rings is 2. The lowest BCUT2D eigenvalue weighted by Gasteiger charge is -2.08. The summed E-state index contributed by atoms with van der Waals surface area (Å²) in [6, 6.07) is 18.3. The van der Waals surface area contributed by atoms with Crippen LogP contribution in [0.4, 0.5) is 0 Å². The van der Waals surface area contributed by atoms with Crippen LogP contribution in [0.15, 0.2) is 73.3 Å². The lowest BCUT2D eigenvalue weighted by molar-refractivity contribution is 0.0697. The van der Waals surface area contributed by atoms with Crippen molar-refractivity contribution in [3.63, 3.8) is 0 Å². The zero-order valence-corrected chi connectivity index (χ0v) is 16.1. The van der Waals surface area contributed by atoms with Gasteiger partial charge in [-0.1, -0.05) is 54.6 Å². The molecule has 9 heteroatoms. The van der Waals surface area contributed by atoms with E-state index < -0.39 is 5.97 Å². The van der Waals surface area contributed by atoms with Gasteiger partial charge in [0.15, 0.2) is 11.2 Å². The molecule has 31 heavy (non-hydrogen) atoms. The van der Waals surface area contributed by atoms with Gasteiger partial charge < -0.3 is 14.8 Å². The van der Waals surface area contributed by atoms with Crippen LogP contribution in [0.2, 0.25) is 0 Å². The highest BCUT2D eigenvalue weighted by Crippen LogP contribution is 2.24. The molecule has 0 atom stereocenters. The third-order valence-electron chi connectivity index (χ3n) is 4.89. The van der Waals surface area contributed by atoms with Crippen LogP contribution in [0, 0.1) is 0 Å². The van der Waals surface area contributed by atoms with Gasteiger partial charge in [-0.2, -0.15) is 15.1 Å². The summed E-state index contributed by atoms with van der Waals surface area (Å²) in [5, 5.41) is 23.5. The maximum atomic E-state index is 11.0. The minimum Gasteiger partial charge on any atom is -0.492 e. The second-order valence-corrected chi connectivity index (χ2v) is 6.93. The molecule has 0 bridgehead atoms. The van der Waals surface area contributed by atoms with Gasteiger partial charge in [0.2, 0.25) is 5.88 Å². The van der Waals surface area contributed by atoms with E-state index in [-0.39, 0.29) is 23.0 Å². The number of carboxylic acids is 1. The summed E-state index contributed by atoms with van der Waals surface area (Å²) in [6.07, 6.45) is 4.04. The first-order valence-electron chi connectivity index (χ1n) is 9.43.